The van der Waals surface area contributed by atoms with E-state index in [9.17, 15) is 9.59 Å². The van der Waals surface area contributed by atoms with Crippen LogP contribution < -0.4 is 14.3 Å². The number of aromatic nitrogens is 1. The molecule has 0 saturated carbocycles. The minimum Gasteiger partial charge on any atom is -0.493 e. The maximum atomic E-state index is 11.7. The van der Waals surface area contributed by atoms with Crippen LogP contribution in [0.15, 0.2) is 17.1 Å². The van der Waals surface area contributed by atoms with Gasteiger partial charge in [-0.2, -0.15) is 4.99 Å². The van der Waals surface area contributed by atoms with E-state index in [2.05, 4.69) is 4.99 Å². The van der Waals surface area contributed by atoms with Crippen LogP contribution in [0.2, 0.25) is 0 Å². The number of methoxy groups -OCH3 is 3. The van der Waals surface area contributed by atoms with Gasteiger partial charge >= 0.3 is 5.97 Å². The number of carbonyl (C=O) groups excluding carboxylic acids is 2. The molecule has 2 rings (SSSR count). The Balaban J connectivity index is 2.73. The van der Waals surface area contributed by atoms with E-state index in [1.807, 2.05) is 0 Å². The smallest absolute Gasteiger partial charge is 0.325 e. The number of esters is 1. The quantitative estimate of drug-likeness (QED) is 0.776. The summed E-state index contributed by atoms with van der Waals surface area (Å²) >= 11 is 1.30. The van der Waals surface area contributed by atoms with E-state index in [-0.39, 0.29) is 12.5 Å². The Kier molecular flexibility index (Phi) is 5.38. The molecule has 124 valence electrons. The maximum Gasteiger partial charge on any atom is 0.325 e. The average Bonchev–Trinajstić information content (AvgIpc) is 2.89. The van der Waals surface area contributed by atoms with Gasteiger partial charge < -0.3 is 18.8 Å². The van der Waals surface area contributed by atoms with Crippen LogP contribution >= 0.6 is 11.3 Å². The number of fused-ring (bicyclic) bond motifs is 1. The third kappa shape index (κ3) is 3.53. The zero-order valence-corrected chi connectivity index (χ0v) is 14.2. The van der Waals surface area contributed by atoms with E-state index in [0.29, 0.717) is 22.7 Å². The van der Waals surface area contributed by atoms with Crippen molar-refractivity contribution in [3.05, 3.63) is 16.9 Å². The highest BCUT2D eigenvalue weighted by Crippen LogP contribution is 2.33. The van der Waals surface area contributed by atoms with Gasteiger partial charge in [-0.1, -0.05) is 18.3 Å². The molecule has 0 radical (unpaired) electrons. The van der Waals surface area contributed by atoms with Crippen molar-refractivity contribution in [1.29, 1.82) is 0 Å². The van der Waals surface area contributed by atoms with Crippen LogP contribution in [0.5, 0.6) is 11.5 Å². The summed E-state index contributed by atoms with van der Waals surface area (Å²) in [6, 6.07) is 3.55. The first-order chi connectivity index (χ1) is 11.0. The predicted octanol–water partition coefficient (Wildman–Crippen LogP) is 1.73. The van der Waals surface area contributed by atoms with Crippen LogP contribution in [0.4, 0.5) is 0 Å². The molecule has 0 N–H and O–H groups in total. The van der Waals surface area contributed by atoms with Gasteiger partial charge in [-0.25, -0.2) is 0 Å². The summed E-state index contributed by atoms with van der Waals surface area (Å²) in [6.07, 6.45) is 0.291. The fourth-order valence-electron chi connectivity index (χ4n) is 2.01. The van der Waals surface area contributed by atoms with Crippen LogP contribution in [0.25, 0.3) is 10.2 Å². The third-order valence-corrected chi connectivity index (χ3v) is 4.27. The van der Waals surface area contributed by atoms with Gasteiger partial charge in [-0.15, -0.1) is 0 Å². The zero-order chi connectivity index (χ0) is 17.0. The average molecular weight is 338 g/mol. The van der Waals surface area contributed by atoms with Crippen LogP contribution in [-0.4, -0.2) is 37.8 Å². The number of hydrogen-bond acceptors (Lipinski definition) is 6. The molecule has 1 aromatic carbocycles. The van der Waals surface area contributed by atoms with Gasteiger partial charge in [0.15, 0.2) is 16.3 Å². The molecule has 0 aliphatic heterocycles. The topological polar surface area (TPSA) is 79.1 Å². The molecule has 2 aromatic rings. The van der Waals surface area contributed by atoms with Crippen molar-refractivity contribution >= 4 is 33.4 Å². The largest absolute Gasteiger partial charge is 0.493 e. The highest BCUT2D eigenvalue weighted by molar-refractivity contribution is 7.16. The monoisotopic (exact) mass is 338 g/mol. The van der Waals surface area contributed by atoms with Crippen LogP contribution in [0.3, 0.4) is 0 Å². The molecule has 0 saturated heterocycles. The fraction of sp³-hybridized carbons (Fsp3) is 0.400. The third-order valence-electron chi connectivity index (χ3n) is 3.23. The molecule has 0 unspecified atom stereocenters. The number of thiazole rings is 1. The number of amides is 1. The normalized spacial score (nSPS) is 11.6. The van der Waals surface area contributed by atoms with E-state index in [0.717, 1.165) is 10.2 Å². The van der Waals surface area contributed by atoms with Crippen molar-refractivity contribution in [3.63, 3.8) is 0 Å². The van der Waals surface area contributed by atoms with Crippen molar-refractivity contribution < 1.29 is 23.8 Å². The van der Waals surface area contributed by atoms with Crippen molar-refractivity contribution in [2.45, 2.75) is 19.9 Å². The van der Waals surface area contributed by atoms with E-state index in [1.165, 1.54) is 25.6 Å². The fourth-order valence-corrected chi connectivity index (χ4v) is 3.07. The van der Waals surface area contributed by atoms with Crippen molar-refractivity contribution in [2.24, 2.45) is 4.99 Å². The van der Waals surface area contributed by atoms with E-state index >= 15 is 0 Å². The summed E-state index contributed by atoms with van der Waals surface area (Å²) in [5.74, 6) is 0.420. The van der Waals surface area contributed by atoms with Gasteiger partial charge in [0, 0.05) is 18.6 Å². The summed E-state index contributed by atoms with van der Waals surface area (Å²) < 4.78 is 17.8. The van der Waals surface area contributed by atoms with Crippen LogP contribution in [0, 0.1) is 0 Å². The summed E-state index contributed by atoms with van der Waals surface area (Å²) in [4.78, 5) is 27.9. The summed E-state index contributed by atoms with van der Waals surface area (Å²) in [5, 5.41) is 0. The summed E-state index contributed by atoms with van der Waals surface area (Å²) in [7, 11) is 4.40. The lowest BCUT2D eigenvalue weighted by atomic mass is 10.3. The Hall–Kier alpha value is -2.35. The number of rotatable bonds is 5. The van der Waals surface area contributed by atoms with Crippen molar-refractivity contribution in [1.82, 2.24) is 4.57 Å². The standard InChI is InChI=1S/C15H18N2O5S/c1-5-13(18)16-15-17(8-14(19)22-4)9-6-10(20-2)11(21-3)7-12(9)23-15/h6-7H,5,8H2,1-4H3. The van der Waals surface area contributed by atoms with Crippen LogP contribution in [-0.2, 0) is 20.9 Å². The Morgan fingerprint density at radius 3 is 2.39 bits per heavy atom. The summed E-state index contributed by atoms with van der Waals surface area (Å²) in [5.41, 5.74) is 0.723. The molecule has 1 heterocycles. The molecule has 0 bridgehead atoms. The SMILES string of the molecule is CCC(=O)N=c1sc2cc(OC)c(OC)cc2n1CC(=O)OC. The first kappa shape index (κ1) is 17.0. The Bertz CT molecular complexity index is 806. The molecule has 23 heavy (non-hydrogen) atoms. The molecule has 1 amide bonds. The second kappa shape index (κ2) is 7.28. The lowest BCUT2D eigenvalue weighted by Gasteiger charge is -2.08. The Morgan fingerprint density at radius 1 is 1.17 bits per heavy atom. The lowest BCUT2D eigenvalue weighted by Crippen LogP contribution is -2.22. The highest BCUT2D eigenvalue weighted by Gasteiger charge is 2.15. The maximum absolute atomic E-state index is 11.7. The lowest BCUT2D eigenvalue weighted by molar-refractivity contribution is -0.141. The minimum atomic E-state index is -0.426. The van der Waals surface area contributed by atoms with Gasteiger partial charge in [0.1, 0.15) is 6.54 Å². The molecule has 7 nitrogen and oxygen atoms in total. The second-order valence-electron chi connectivity index (χ2n) is 4.58. The number of ether oxygens (including phenoxy) is 3. The van der Waals surface area contributed by atoms with Crippen molar-refractivity contribution in [2.75, 3.05) is 21.3 Å². The number of nitrogens with zero attached hydrogens (tertiary/aromatic N) is 2. The molecule has 0 atom stereocenters. The molecule has 1 aromatic heterocycles. The first-order valence-electron chi connectivity index (χ1n) is 6.93. The summed E-state index contributed by atoms with van der Waals surface area (Å²) in [6.45, 7) is 1.69. The number of hydrogen-bond donors (Lipinski definition) is 0. The van der Waals surface area contributed by atoms with E-state index in [1.54, 1.807) is 30.7 Å². The van der Waals surface area contributed by atoms with Gasteiger partial charge in [0.25, 0.3) is 0 Å². The van der Waals surface area contributed by atoms with E-state index < -0.39 is 5.97 Å². The zero-order valence-electron chi connectivity index (χ0n) is 13.4. The minimum absolute atomic E-state index is 0.0399. The molecular formula is C15H18N2O5S. The molecule has 0 spiro atoms. The number of benzene rings is 1. The molecular weight excluding hydrogens is 320 g/mol. The number of carbonyl (C=O) groups is 2. The first-order valence-corrected chi connectivity index (χ1v) is 7.75. The highest BCUT2D eigenvalue weighted by atomic mass is 32.1. The molecule has 0 aliphatic rings. The van der Waals surface area contributed by atoms with Gasteiger partial charge in [0.05, 0.1) is 31.5 Å². The van der Waals surface area contributed by atoms with Gasteiger partial charge in [-0.3, -0.25) is 9.59 Å². The van der Waals surface area contributed by atoms with Gasteiger partial charge in [-0.05, 0) is 0 Å². The Labute approximate surface area is 137 Å². The second-order valence-corrected chi connectivity index (χ2v) is 5.59. The van der Waals surface area contributed by atoms with Crippen molar-refractivity contribution in [3.8, 4) is 11.5 Å². The molecule has 0 aliphatic carbocycles. The van der Waals surface area contributed by atoms with Gasteiger partial charge in [0.2, 0.25) is 5.91 Å². The van der Waals surface area contributed by atoms with E-state index in [4.69, 9.17) is 14.2 Å². The van der Waals surface area contributed by atoms with Crippen LogP contribution in [0.1, 0.15) is 13.3 Å². The molecule has 0 fully saturated rings. The Morgan fingerprint density at radius 2 is 1.83 bits per heavy atom. The molecule has 8 heteroatoms. The predicted molar refractivity (Wildman–Crippen MR) is 85.8 cm³/mol.